The summed E-state index contributed by atoms with van der Waals surface area (Å²) < 4.78 is 0. The van der Waals surface area contributed by atoms with Crippen molar-refractivity contribution >= 4 is 0 Å². The molecule has 0 fully saturated rings. The summed E-state index contributed by atoms with van der Waals surface area (Å²) in [6.07, 6.45) is 12.6. The van der Waals surface area contributed by atoms with Crippen LogP contribution in [-0.2, 0) is 0 Å². The minimum Gasteiger partial charge on any atom is -0.103 e. The molecule has 0 amide bonds. The predicted molar refractivity (Wildman–Crippen MR) is 50.4 cm³/mol. The van der Waals surface area contributed by atoms with Crippen molar-refractivity contribution < 1.29 is 0 Å². The first kappa shape index (κ1) is 8.06. The van der Waals surface area contributed by atoms with E-state index in [1.807, 2.05) is 6.08 Å². The maximum absolute atomic E-state index is 3.70. The van der Waals surface area contributed by atoms with Gasteiger partial charge < -0.3 is 0 Å². The lowest BCUT2D eigenvalue weighted by Gasteiger charge is -1.99. The molecule has 0 aromatic carbocycles. The predicted octanol–water partition coefficient (Wildman–Crippen LogP) is 3.40. The highest BCUT2D eigenvalue weighted by atomic mass is 14.0. The van der Waals surface area contributed by atoms with Crippen LogP contribution in [0.25, 0.3) is 0 Å². The molecule has 0 atom stereocenters. The van der Waals surface area contributed by atoms with Gasteiger partial charge in [-0.05, 0) is 25.3 Å². The van der Waals surface area contributed by atoms with Crippen LogP contribution in [0.1, 0.15) is 19.8 Å². The van der Waals surface area contributed by atoms with E-state index in [-0.39, 0.29) is 0 Å². The second kappa shape index (κ2) is 3.97. The SMILES string of the molecule is C=CCCC(C)=C1C=CC=C1. The standard InChI is InChI=1S/C11H14/c1-3-4-7-10(2)11-8-5-6-9-11/h3,5-6,8-9H,1,4,7H2,2H3. The van der Waals surface area contributed by atoms with Crippen LogP contribution in [0.3, 0.4) is 0 Å². The number of rotatable bonds is 3. The zero-order chi connectivity index (χ0) is 8.10. The van der Waals surface area contributed by atoms with Crippen molar-refractivity contribution in [3.63, 3.8) is 0 Å². The molecule has 0 saturated carbocycles. The summed E-state index contributed by atoms with van der Waals surface area (Å²) in [6.45, 7) is 5.88. The minimum absolute atomic E-state index is 1.08. The van der Waals surface area contributed by atoms with E-state index >= 15 is 0 Å². The van der Waals surface area contributed by atoms with E-state index in [1.54, 1.807) is 0 Å². The van der Waals surface area contributed by atoms with Crippen molar-refractivity contribution in [3.05, 3.63) is 48.1 Å². The number of hydrogen-bond donors (Lipinski definition) is 0. The lowest BCUT2D eigenvalue weighted by atomic mass is 10.1. The van der Waals surface area contributed by atoms with E-state index in [4.69, 9.17) is 0 Å². The average Bonchev–Trinajstić information content (AvgIpc) is 2.52. The summed E-state index contributed by atoms with van der Waals surface area (Å²) in [5, 5.41) is 0. The molecule has 0 nitrogen and oxygen atoms in total. The Kier molecular flexibility index (Phi) is 2.91. The van der Waals surface area contributed by atoms with Crippen LogP contribution < -0.4 is 0 Å². The average molecular weight is 146 g/mol. The smallest absolute Gasteiger partial charge is 0.0267 e. The Balaban J connectivity index is 2.56. The molecule has 0 aromatic heterocycles. The molecule has 58 valence electrons. The topological polar surface area (TPSA) is 0 Å². The normalized spacial score (nSPS) is 14.1. The van der Waals surface area contributed by atoms with Gasteiger partial charge in [-0.1, -0.05) is 36.0 Å². The van der Waals surface area contributed by atoms with Gasteiger partial charge in [0, 0.05) is 0 Å². The molecule has 11 heavy (non-hydrogen) atoms. The van der Waals surface area contributed by atoms with E-state index in [2.05, 4.69) is 37.8 Å². The molecule has 0 aromatic rings. The van der Waals surface area contributed by atoms with Gasteiger partial charge in [-0.2, -0.15) is 0 Å². The second-order valence-electron chi connectivity index (χ2n) is 2.78. The molecule has 0 spiro atoms. The van der Waals surface area contributed by atoms with Crippen molar-refractivity contribution in [2.45, 2.75) is 19.8 Å². The van der Waals surface area contributed by atoms with Gasteiger partial charge in [0.2, 0.25) is 0 Å². The molecule has 0 bridgehead atoms. The van der Waals surface area contributed by atoms with E-state index in [0.29, 0.717) is 0 Å². The number of allylic oxidation sites excluding steroid dienone is 7. The van der Waals surface area contributed by atoms with Crippen LogP contribution in [0.2, 0.25) is 0 Å². The quantitative estimate of drug-likeness (QED) is 0.535. The van der Waals surface area contributed by atoms with Crippen molar-refractivity contribution in [1.29, 1.82) is 0 Å². The summed E-state index contributed by atoms with van der Waals surface area (Å²) in [7, 11) is 0. The van der Waals surface area contributed by atoms with Gasteiger partial charge >= 0.3 is 0 Å². The molecule has 0 aliphatic heterocycles. The summed E-state index contributed by atoms with van der Waals surface area (Å²) in [5.74, 6) is 0. The third kappa shape index (κ3) is 2.23. The van der Waals surface area contributed by atoms with Gasteiger partial charge in [0.25, 0.3) is 0 Å². The molecule has 0 saturated heterocycles. The summed E-state index contributed by atoms with van der Waals surface area (Å²) >= 11 is 0. The van der Waals surface area contributed by atoms with Crippen molar-refractivity contribution in [2.24, 2.45) is 0 Å². The van der Waals surface area contributed by atoms with Gasteiger partial charge in [0.1, 0.15) is 0 Å². The van der Waals surface area contributed by atoms with Crippen LogP contribution in [0.5, 0.6) is 0 Å². The largest absolute Gasteiger partial charge is 0.103 e. The Morgan fingerprint density at radius 2 is 2.09 bits per heavy atom. The van der Waals surface area contributed by atoms with Crippen molar-refractivity contribution in [1.82, 2.24) is 0 Å². The highest BCUT2D eigenvalue weighted by molar-refractivity contribution is 5.42. The molecule has 1 aliphatic carbocycles. The fourth-order valence-corrected chi connectivity index (χ4v) is 1.12. The second-order valence-corrected chi connectivity index (χ2v) is 2.78. The summed E-state index contributed by atoms with van der Waals surface area (Å²) in [5.41, 5.74) is 2.82. The molecular formula is C11H14. The Morgan fingerprint density at radius 1 is 1.45 bits per heavy atom. The van der Waals surface area contributed by atoms with Gasteiger partial charge in [-0.25, -0.2) is 0 Å². The number of hydrogen-bond acceptors (Lipinski definition) is 0. The molecule has 0 N–H and O–H groups in total. The van der Waals surface area contributed by atoms with Gasteiger partial charge in [-0.15, -0.1) is 6.58 Å². The molecule has 0 heteroatoms. The van der Waals surface area contributed by atoms with Crippen molar-refractivity contribution in [3.8, 4) is 0 Å². The monoisotopic (exact) mass is 146 g/mol. The van der Waals surface area contributed by atoms with Crippen LogP contribution >= 0.6 is 0 Å². The zero-order valence-electron chi connectivity index (χ0n) is 7.01. The highest BCUT2D eigenvalue weighted by Gasteiger charge is 1.96. The maximum atomic E-state index is 3.70. The molecule has 1 rings (SSSR count). The molecule has 0 unspecified atom stereocenters. The first-order valence-electron chi connectivity index (χ1n) is 4.00. The lowest BCUT2D eigenvalue weighted by Crippen LogP contribution is -1.80. The van der Waals surface area contributed by atoms with E-state index in [1.165, 1.54) is 11.1 Å². The molecular weight excluding hydrogens is 132 g/mol. The maximum Gasteiger partial charge on any atom is -0.0267 e. The van der Waals surface area contributed by atoms with Gasteiger partial charge in [0.05, 0.1) is 0 Å². The van der Waals surface area contributed by atoms with Crippen LogP contribution in [0.15, 0.2) is 48.1 Å². The van der Waals surface area contributed by atoms with Crippen LogP contribution in [-0.4, -0.2) is 0 Å². The molecule has 1 aliphatic rings. The first-order chi connectivity index (χ1) is 5.34. The van der Waals surface area contributed by atoms with Gasteiger partial charge in [-0.3, -0.25) is 0 Å². The van der Waals surface area contributed by atoms with Crippen LogP contribution in [0, 0.1) is 0 Å². The van der Waals surface area contributed by atoms with Crippen molar-refractivity contribution in [2.75, 3.05) is 0 Å². The fraction of sp³-hybridized carbons (Fsp3) is 0.273. The molecule has 0 heterocycles. The van der Waals surface area contributed by atoms with Crippen LogP contribution in [0.4, 0.5) is 0 Å². The fourth-order valence-electron chi connectivity index (χ4n) is 1.12. The highest BCUT2D eigenvalue weighted by Crippen LogP contribution is 2.16. The molecule has 0 radical (unpaired) electrons. The Labute approximate surface area is 68.6 Å². The minimum atomic E-state index is 1.08. The van der Waals surface area contributed by atoms with Gasteiger partial charge in [0.15, 0.2) is 0 Å². The Bertz CT molecular complexity index is 212. The summed E-state index contributed by atoms with van der Waals surface area (Å²) in [4.78, 5) is 0. The van der Waals surface area contributed by atoms with E-state index < -0.39 is 0 Å². The Hall–Kier alpha value is -1.04. The zero-order valence-corrected chi connectivity index (χ0v) is 7.01. The Morgan fingerprint density at radius 3 is 2.64 bits per heavy atom. The van der Waals surface area contributed by atoms with E-state index in [9.17, 15) is 0 Å². The lowest BCUT2D eigenvalue weighted by molar-refractivity contribution is 0.972. The van der Waals surface area contributed by atoms with E-state index in [0.717, 1.165) is 12.8 Å². The third-order valence-corrected chi connectivity index (χ3v) is 1.88. The first-order valence-corrected chi connectivity index (χ1v) is 4.00. The summed E-state index contributed by atoms with van der Waals surface area (Å²) in [6, 6.07) is 0. The third-order valence-electron chi connectivity index (χ3n) is 1.88.